The van der Waals surface area contributed by atoms with Gasteiger partial charge >= 0.3 is 0 Å². The Hall–Kier alpha value is -1.06. The predicted molar refractivity (Wildman–Crippen MR) is 67.5 cm³/mol. The van der Waals surface area contributed by atoms with Crippen LogP contribution in [-0.2, 0) is 9.59 Å². The fraction of sp³-hybridized carbons (Fsp3) is 0.846. The molecule has 4 heteroatoms. The summed E-state index contributed by atoms with van der Waals surface area (Å²) >= 11 is 0. The van der Waals surface area contributed by atoms with Gasteiger partial charge in [0.2, 0.25) is 11.8 Å². The normalized spacial score (nSPS) is 25.7. The van der Waals surface area contributed by atoms with Gasteiger partial charge in [-0.3, -0.25) is 9.59 Å². The number of hydrogen-bond acceptors (Lipinski definition) is 2. The molecule has 1 rings (SSSR count). The molecule has 1 aliphatic rings. The van der Waals surface area contributed by atoms with Gasteiger partial charge in [-0.05, 0) is 19.8 Å². The number of hydrogen-bond donors (Lipinski definition) is 1. The maximum atomic E-state index is 12.2. The molecule has 0 bridgehead atoms. The van der Waals surface area contributed by atoms with Crippen LogP contribution in [0, 0.1) is 0 Å². The monoisotopic (exact) mass is 240 g/mol. The van der Waals surface area contributed by atoms with Crippen molar-refractivity contribution < 1.29 is 9.59 Å². The Kier molecular flexibility index (Phi) is 5.45. The topological polar surface area (TPSA) is 49.4 Å². The minimum absolute atomic E-state index is 0.00399. The van der Waals surface area contributed by atoms with E-state index in [1.165, 1.54) is 0 Å². The van der Waals surface area contributed by atoms with Crippen LogP contribution in [0.4, 0.5) is 0 Å². The summed E-state index contributed by atoms with van der Waals surface area (Å²) in [5.74, 6) is 0.0812. The molecule has 2 unspecified atom stereocenters. The maximum absolute atomic E-state index is 12.2. The van der Waals surface area contributed by atoms with Crippen LogP contribution in [0.15, 0.2) is 0 Å². The van der Waals surface area contributed by atoms with Crippen molar-refractivity contribution in [2.45, 2.75) is 65.0 Å². The molecule has 0 spiro atoms. The Morgan fingerprint density at radius 2 is 2.00 bits per heavy atom. The van der Waals surface area contributed by atoms with E-state index in [1.54, 1.807) is 0 Å². The molecule has 0 aliphatic carbocycles. The van der Waals surface area contributed by atoms with Gasteiger partial charge in [0, 0.05) is 19.0 Å². The van der Waals surface area contributed by atoms with Gasteiger partial charge in [-0.1, -0.05) is 26.7 Å². The van der Waals surface area contributed by atoms with Crippen LogP contribution >= 0.6 is 0 Å². The second kappa shape index (κ2) is 6.62. The first kappa shape index (κ1) is 14.0. The first-order valence-electron chi connectivity index (χ1n) is 6.70. The highest BCUT2D eigenvalue weighted by Crippen LogP contribution is 2.14. The molecule has 1 aliphatic heterocycles. The van der Waals surface area contributed by atoms with E-state index in [2.05, 4.69) is 12.2 Å². The lowest BCUT2D eigenvalue weighted by molar-refractivity contribution is -0.135. The van der Waals surface area contributed by atoms with Crippen molar-refractivity contribution in [2.24, 2.45) is 0 Å². The smallest absolute Gasteiger partial charge is 0.245 e. The molecular weight excluding hydrogens is 216 g/mol. The van der Waals surface area contributed by atoms with E-state index in [4.69, 9.17) is 0 Å². The molecule has 2 amide bonds. The van der Waals surface area contributed by atoms with Crippen LogP contribution in [0.2, 0.25) is 0 Å². The van der Waals surface area contributed by atoms with Crippen LogP contribution in [0.25, 0.3) is 0 Å². The molecule has 1 N–H and O–H groups in total. The molecular formula is C13H24N2O2. The van der Waals surface area contributed by atoms with Crippen molar-refractivity contribution in [1.82, 2.24) is 10.2 Å². The average molecular weight is 240 g/mol. The van der Waals surface area contributed by atoms with E-state index in [-0.39, 0.29) is 23.9 Å². The third kappa shape index (κ3) is 3.72. The van der Waals surface area contributed by atoms with Crippen LogP contribution in [0.1, 0.15) is 52.9 Å². The number of unbranched alkanes of at least 4 members (excludes halogenated alkanes) is 2. The molecule has 0 aromatic rings. The number of nitrogens with one attached hydrogen (secondary N) is 1. The lowest BCUT2D eigenvalue weighted by Gasteiger charge is -2.28. The minimum atomic E-state index is -0.325. The minimum Gasteiger partial charge on any atom is -0.344 e. The number of carbonyl (C=O) groups is 2. The highest BCUT2D eigenvalue weighted by atomic mass is 16.2. The third-order valence-electron chi connectivity index (χ3n) is 3.34. The van der Waals surface area contributed by atoms with Crippen LogP contribution in [0.3, 0.4) is 0 Å². The summed E-state index contributed by atoms with van der Waals surface area (Å²) in [5.41, 5.74) is 0. The molecule has 1 saturated heterocycles. The summed E-state index contributed by atoms with van der Waals surface area (Å²) in [7, 11) is 0. The number of amides is 2. The largest absolute Gasteiger partial charge is 0.344 e. The highest BCUT2D eigenvalue weighted by molar-refractivity contribution is 5.90. The summed E-state index contributed by atoms with van der Waals surface area (Å²) in [6.45, 7) is 6.82. The molecule has 0 radical (unpaired) electrons. The van der Waals surface area contributed by atoms with Gasteiger partial charge in [0.05, 0.1) is 0 Å². The molecule has 4 nitrogen and oxygen atoms in total. The van der Waals surface area contributed by atoms with Crippen molar-refractivity contribution in [3.8, 4) is 0 Å². The summed E-state index contributed by atoms with van der Waals surface area (Å²) in [6, 6.07) is -0.301. The van der Waals surface area contributed by atoms with E-state index in [0.717, 1.165) is 25.8 Å². The van der Waals surface area contributed by atoms with Gasteiger partial charge < -0.3 is 10.2 Å². The van der Waals surface area contributed by atoms with E-state index < -0.39 is 0 Å². The molecule has 17 heavy (non-hydrogen) atoms. The van der Waals surface area contributed by atoms with Crippen LogP contribution < -0.4 is 5.32 Å². The summed E-state index contributed by atoms with van der Waals surface area (Å²) in [5, 5.41) is 2.80. The first-order chi connectivity index (χ1) is 8.10. The lowest BCUT2D eigenvalue weighted by Crippen LogP contribution is -2.46. The highest BCUT2D eigenvalue weighted by Gasteiger charge is 2.32. The SMILES string of the molecule is CCCCCN1C(=O)C(CC)NC(=O)CC1C. The summed E-state index contributed by atoms with van der Waals surface area (Å²) in [6.07, 6.45) is 4.40. The van der Waals surface area contributed by atoms with Crippen LogP contribution in [0.5, 0.6) is 0 Å². The van der Waals surface area contributed by atoms with Crippen molar-refractivity contribution in [2.75, 3.05) is 6.54 Å². The van der Waals surface area contributed by atoms with Gasteiger partial charge in [-0.15, -0.1) is 0 Å². The Morgan fingerprint density at radius 1 is 1.29 bits per heavy atom. The Labute approximate surface area is 104 Å². The summed E-state index contributed by atoms with van der Waals surface area (Å²) < 4.78 is 0. The van der Waals surface area contributed by atoms with Crippen molar-refractivity contribution in [3.63, 3.8) is 0 Å². The average Bonchev–Trinajstić information content (AvgIpc) is 2.39. The first-order valence-corrected chi connectivity index (χ1v) is 6.70. The number of carbonyl (C=O) groups excluding carboxylic acids is 2. The molecule has 0 saturated carbocycles. The van der Waals surface area contributed by atoms with Crippen molar-refractivity contribution in [1.29, 1.82) is 0 Å². The Bertz CT molecular complexity index is 279. The van der Waals surface area contributed by atoms with Crippen LogP contribution in [-0.4, -0.2) is 35.3 Å². The maximum Gasteiger partial charge on any atom is 0.245 e. The van der Waals surface area contributed by atoms with Gasteiger partial charge in [-0.25, -0.2) is 0 Å². The molecule has 1 heterocycles. The van der Waals surface area contributed by atoms with Gasteiger partial charge in [0.1, 0.15) is 6.04 Å². The predicted octanol–water partition coefficient (Wildman–Crippen LogP) is 1.69. The number of nitrogens with zero attached hydrogens (tertiary/aromatic N) is 1. The second-order valence-electron chi connectivity index (χ2n) is 4.82. The fourth-order valence-corrected chi connectivity index (χ4v) is 2.25. The lowest BCUT2D eigenvalue weighted by atomic mass is 10.1. The molecule has 98 valence electrons. The standard InChI is InChI=1S/C13H24N2O2/c1-4-6-7-8-15-10(3)9-12(16)14-11(5-2)13(15)17/h10-11H,4-9H2,1-3H3,(H,14,16). The zero-order chi connectivity index (χ0) is 12.8. The van der Waals surface area contributed by atoms with Crippen molar-refractivity contribution >= 4 is 11.8 Å². The fourth-order valence-electron chi connectivity index (χ4n) is 2.25. The Balaban J connectivity index is 2.69. The Morgan fingerprint density at radius 3 is 2.59 bits per heavy atom. The molecule has 0 aromatic heterocycles. The zero-order valence-corrected chi connectivity index (χ0v) is 11.2. The van der Waals surface area contributed by atoms with E-state index in [0.29, 0.717) is 12.8 Å². The van der Waals surface area contributed by atoms with Crippen molar-refractivity contribution in [3.05, 3.63) is 0 Å². The second-order valence-corrected chi connectivity index (χ2v) is 4.82. The van der Waals surface area contributed by atoms with E-state index in [1.807, 2.05) is 18.7 Å². The molecule has 2 atom stereocenters. The van der Waals surface area contributed by atoms with E-state index in [9.17, 15) is 9.59 Å². The van der Waals surface area contributed by atoms with Gasteiger partial charge in [-0.2, -0.15) is 0 Å². The van der Waals surface area contributed by atoms with Gasteiger partial charge in [0.25, 0.3) is 0 Å². The quantitative estimate of drug-likeness (QED) is 0.743. The van der Waals surface area contributed by atoms with Gasteiger partial charge in [0.15, 0.2) is 0 Å². The summed E-state index contributed by atoms with van der Waals surface area (Å²) in [4.78, 5) is 25.7. The van der Waals surface area contributed by atoms with E-state index >= 15 is 0 Å². The third-order valence-corrected chi connectivity index (χ3v) is 3.34. The number of rotatable bonds is 5. The zero-order valence-electron chi connectivity index (χ0n) is 11.2. The molecule has 0 aromatic carbocycles. The molecule has 1 fully saturated rings.